The van der Waals surface area contributed by atoms with E-state index in [9.17, 15) is 22.4 Å². The molecule has 3 aromatic heterocycles. The monoisotopic (exact) mass is 523 g/mol. The van der Waals surface area contributed by atoms with Crippen molar-refractivity contribution in [1.29, 1.82) is 0 Å². The van der Waals surface area contributed by atoms with Gasteiger partial charge in [-0.15, -0.1) is 11.3 Å². The largest absolute Gasteiger partial charge is 0.433 e. The Labute approximate surface area is 206 Å². The first-order valence-corrected chi connectivity index (χ1v) is 11.9. The van der Waals surface area contributed by atoms with Crippen LogP contribution in [0, 0.1) is 5.82 Å². The SMILES string of the molecule is O=C(c1cc2nc(-c3cccs3)cc(C(F)(F)F)n2n1)N1CCN(Cc2ccc(F)cc2Cl)CC1. The molecular weight excluding hydrogens is 506 g/mol. The number of aromatic nitrogens is 3. The number of rotatable bonds is 4. The number of piperazine rings is 1. The van der Waals surface area contributed by atoms with Crippen molar-refractivity contribution in [3.8, 4) is 10.6 Å². The summed E-state index contributed by atoms with van der Waals surface area (Å²) in [5, 5.41) is 6.05. The van der Waals surface area contributed by atoms with Gasteiger partial charge in [0, 0.05) is 43.8 Å². The van der Waals surface area contributed by atoms with Crippen LogP contribution in [0.5, 0.6) is 0 Å². The van der Waals surface area contributed by atoms with E-state index in [1.54, 1.807) is 28.5 Å². The summed E-state index contributed by atoms with van der Waals surface area (Å²) in [5.74, 6) is -0.868. The van der Waals surface area contributed by atoms with Gasteiger partial charge in [0.15, 0.2) is 17.0 Å². The molecule has 1 aliphatic heterocycles. The molecule has 0 unspecified atom stereocenters. The summed E-state index contributed by atoms with van der Waals surface area (Å²) in [6.07, 6.45) is -4.67. The second-order valence-electron chi connectivity index (χ2n) is 8.11. The second-order valence-corrected chi connectivity index (χ2v) is 9.46. The Hall–Kier alpha value is -3.02. The lowest BCUT2D eigenvalue weighted by molar-refractivity contribution is -0.142. The van der Waals surface area contributed by atoms with Crippen LogP contribution >= 0.6 is 22.9 Å². The van der Waals surface area contributed by atoms with Crippen LogP contribution in [0.4, 0.5) is 17.6 Å². The van der Waals surface area contributed by atoms with Gasteiger partial charge in [-0.1, -0.05) is 23.7 Å². The van der Waals surface area contributed by atoms with Gasteiger partial charge < -0.3 is 4.90 Å². The molecular formula is C23H18ClF4N5OS. The van der Waals surface area contributed by atoms with Gasteiger partial charge in [0.2, 0.25) is 0 Å². The highest BCUT2D eigenvalue weighted by atomic mass is 35.5. The standard InChI is InChI=1S/C23H18ClF4N5OS/c24-16-10-15(25)4-3-14(16)13-31-5-7-32(8-6-31)22(34)18-12-21-29-17(19-2-1-9-35-19)11-20(23(26,27)28)33(21)30-18/h1-4,9-12H,5-8,13H2. The Morgan fingerprint density at radius 2 is 1.86 bits per heavy atom. The van der Waals surface area contributed by atoms with Crippen molar-refractivity contribution in [2.45, 2.75) is 12.7 Å². The van der Waals surface area contributed by atoms with E-state index >= 15 is 0 Å². The molecule has 12 heteroatoms. The molecule has 4 heterocycles. The first kappa shape index (κ1) is 23.7. The van der Waals surface area contributed by atoms with Crippen LogP contribution in [0.3, 0.4) is 0 Å². The van der Waals surface area contributed by atoms with Crippen molar-refractivity contribution in [3.63, 3.8) is 0 Å². The minimum Gasteiger partial charge on any atom is -0.335 e. The smallest absolute Gasteiger partial charge is 0.335 e. The predicted molar refractivity (Wildman–Crippen MR) is 124 cm³/mol. The van der Waals surface area contributed by atoms with Crippen LogP contribution in [-0.4, -0.2) is 56.5 Å². The molecule has 1 fully saturated rings. The van der Waals surface area contributed by atoms with Crippen molar-refractivity contribution in [2.75, 3.05) is 26.2 Å². The lowest BCUT2D eigenvalue weighted by Crippen LogP contribution is -2.48. The number of thiophene rings is 1. The van der Waals surface area contributed by atoms with Crippen LogP contribution in [0.1, 0.15) is 21.7 Å². The van der Waals surface area contributed by atoms with E-state index < -0.39 is 23.6 Å². The fourth-order valence-electron chi connectivity index (χ4n) is 3.99. The highest BCUT2D eigenvalue weighted by Gasteiger charge is 2.36. The lowest BCUT2D eigenvalue weighted by Gasteiger charge is -2.34. The number of amides is 1. The van der Waals surface area contributed by atoms with Crippen LogP contribution < -0.4 is 0 Å². The van der Waals surface area contributed by atoms with Crippen LogP contribution in [-0.2, 0) is 12.7 Å². The maximum Gasteiger partial charge on any atom is 0.433 e. The minimum absolute atomic E-state index is 0.0452. The number of hydrogen-bond acceptors (Lipinski definition) is 5. The Balaban J connectivity index is 1.35. The lowest BCUT2D eigenvalue weighted by atomic mass is 10.2. The molecule has 5 rings (SSSR count). The Morgan fingerprint density at radius 1 is 1.09 bits per heavy atom. The second kappa shape index (κ2) is 9.21. The van der Waals surface area contributed by atoms with E-state index in [0.29, 0.717) is 47.1 Å². The van der Waals surface area contributed by atoms with Crippen molar-refractivity contribution >= 4 is 34.5 Å². The van der Waals surface area contributed by atoms with Crippen LogP contribution in [0.2, 0.25) is 5.02 Å². The zero-order valence-electron chi connectivity index (χ0n) is 18.1. The molecule has 1 aromatic carbocycles. The topological polar surface area (TPSA) is 53.7 Å². The third-order valence-corrected chi connectivity index (χ3v) is 7.02. The van der Waals surface area contributed by atoms with E-state index in [2.05, 4.69) is 15.0 Å². The first-order chi connectivity index (χ1) is 16.7. The van der Waals surface area contributed by atoms with Crippen molar-refractivity contribution in [1.82, 2.24) is 24.4 Å². The predicted octanol–water partition coefficient (Wildman–Crippen LogP) is 5.23. The Bertz CT molecular complexity index is 1380. The zero-order valence-corrected chi connectivity index (χ0v) is 19.7. The summed E-state index contributed by atoms with van der Waals surface area (Å²) in [5.41, 5.74) is -0.184. The number of nitrogens with zero attached hydrogens (tertiary/aromatic N) is 5. The molecule has 1 amide bonds. The van der Waals surface area contributed by atoms with Gasteiger partial charge >= 0.3 is 6.18 Å². The number of carbonyl (C=O) groups is 1. The summed E-state index contributed by atoms with van der Waals surface area (Å²) in [6, 6.07) is 9.88. The number of fused-ring (bicyclic) bond motifs is 1. The molecule has 6 nitrogen and oxygen atoms in total. The average Bonchev–Trinajstić information content (AvgIpc) is 3.49. The van der Waals surface area contributed by atoms with Gasteiger partial charge in [-0.3, -0.25) is 9.69 Å². The molecule has 0 radical (unpaired) electrons. The zero-order chi connectivity index (χ0) is 24.7. The van der Waals surface area contributed by atoms with E-state index in [4.69, 9.17) is 11.6 Å². The minimum atomic E-state index is -4.67. The average molecular weight is 524 g/mol. The third kappa shape index (κ3) is 4.89. The van der Waals surface area contributed by atoms with Gasteiger partial charge in [-0.2, -0.15) is 18.3 Å². The fraction of sp³-hybridized carbons (Fsp3) is 0.261. The molecule has 0 N–H and O–H groups in total. The van der Waals surface area contributed by atoms with Crippen molar-refractivity contribution in [2.24, 2.45) is 0 Å². The van der Waals surface area contributed by atoms with Gasteiger partial charge in [0.1, 0.15) is 5.82 Å². The van der Waals surface area contributed by atoms with Gasteiger partial charge in [0.25, 0.3) is 5.91 Å². The van der Waals surface area contributed by atoms with E-state index in [-0.39, 0.29) is 17.0 Å². The molecule has 0 atom stereocenters. The summed E-state index contributed by atoms with van der Waals surface area (Å²) in [7, 11) is 0. The van der Waals surface area contributed by atoms with Crippen LogP contribution in [0.15, 0.2) is 47.8 Å². The number of alkyl halides is 3. The fourth-order valence-corrected chi connectivity index (χ4v) is 4.91. The summed E-state index contributed by atoms with van der Waals surface area (Å²) in [4.78, 5) is 21.6. The van der Waals surface area contributed by atoms with Crippen molar-refractivity contribution in [3.05, 3.63) is 75.6 Å². The van der Waals surface area contributed by atoms with Gasteiger partial charge in [0.05, 0.1) is 10.6 Å². The molecule has 0 saturated carbocycles. The molecule has 182 valence electrons. The van der Waals surface area contributed by atoms with E-state index in [1.165, 1.54) is 29.5 Å². The maximum absolute atomic E-state index is 13.8. The third-order valence-electron chi connectivity index (χ3n) is 5.78. The number of hydrogen-bond donors (Lipinski definition) is 0. The highest BCUT2D eigenvalue weighted by molar-refractivity contribution is 7.13. The molecule has 0 spiro atoms. The van der Waals surface area contributed by atoms with Crippen LogP contribution in [0.25, 0.3) is 16.2 Å². The number of halogens is 5. The van der Waals surface area contributed by atoms with Crippen molar-refractivity contribution < 1.29 is 22.4 Å². The Kier molecular flexibility index (Phi) is 6.24. The van der Waals surface area contributed by atoms with E-state index in [1.807, 2.05) is 0 Å². The summed E-state index contributed by atoms with van der Waals surface area (Å²) >= 11 is 7.38. The van der Waals surface area contributed by atoms with Gasteiger partial charge in [-0.25, -0.2) is 13.9 Å². The molecule has 1 saturated heterocycles. The highest BCUT2D eigenvalue weighted by Crippen LogP contribution is 2.33. The van der Waals surface area contributed by atoms with E-state index in [0.717, 1.165) is 11.6 Å². The Morgan fingerprint density at radius 3 is 2.51 bits per heavy atom. The first-order valence-electron chi connectivity index (χ1n) is 10.7. The quantitative estimate of drug-likeness (QED) is 0.344. The van der Waals surface area contributed by atoms with Gasteiger partial charge in [-0.05, 0) is 35.2 Å². The normalized spacial score (nSPS) is 15.2. The molecule has 1 aliphatic rings. The summed E-state index contributed by atoms with van der Waals surface area (Å²) < 4.78 is 55.2. The number of benzene rings is 1. The maximum atomic E-state index is 13.8. The molecule has 4 aromatic rings. The molecule has 0 aliphatic carbocycles. The number of carbonyl (C=O) groups excluding carboxylic acids is 1. The summed E-state index contributed by atoms with van der Waals surface area (Å²) in [6.45, 7) is 2.29. The molecule has 35 heavy (non-hydrogen) atoms. The molecule has 0 bridgehead atoms.